The normalized spacial score (nSPS) is 15.5. The number of nitrogens with zero attached hydrogens (tertiary/aromatic N) is 1. The monoisotopic (exact) mass is 456 g/mol. The number of rotatable bonds is 6. The molecule has 0 atom stereocenters. The summed E-state index contributed by atoms with van der Waals surface area (Å²) in [5.41, 5.74) is 1.60. The van der Waals surface area contributed by atoms with E-state index in [-0.39, 0.29) is 17.2 Å². The number of ether oxygens (including phenoxy) is 1. The van der Waals surface area contributed by atoms with E-state index in [0.29, 0.717) is 17.9 Å². The molecule has 0 bridgehead atoms. The Bertz CT molecular complexity index is 973. The highest BCUT2D eigenvalue weighted by Crippen LogP contribution is 2.27. The predicted molar refractivity (Wildman–Crippen MR) is 116 cm³/mol. The van der Waals surface area contributed by atoms with Crippen molar-refractivity contribution in [2.24, 2.45) is 0 Å². The average molecular weight is 457 g/mol. The van der Waals surface area contributed by atoms with Gasteiger partial charge in [0.1, 0.15) is 17.9 Å². The van der Waals surface area contributed by atoms with Gasteiger partial charge in [-0.3, -0.25) is 19.8 Å². The quantitative estimate of drug-likeness (QED) is 0.310. The van der Waals surface area contributed by atoms with Crippen LogP contribution < -0.4 is 10.1 Å². The van der Waals surface area contributed by atoms with Crippen LogP contribution >= 0.6 is 28.1 Å². The van der Waals surface area contributed by atoms with E-state index in [1.165, 1.54) is 11.0 Å². The van der Waals surface area contributed by atoms with Gasteiger partial charge in [0.25, 0.3) is 11.8 Å². The largest absolute Gasteiger partial charge is 0.488 e. The number of hydrogen-bond acceptors (Lipinski definition) is 4. The molecule has 0 saturated carbocycles. The van der Waals surface area contributed by atoms with Gasteiger partial charge in [-0.15, -0.1) is 6.58 Å². The fourth-order valence-corrected chi connectivity index (χ4v) is 3.27. The standard InChI is InChI=1S/C21H17BrN2O3S/c1-2-10-24-20(26)17(19(25)23-21(24)28)12-15-11-16(22)8-9-18(15)27-13-14-6-4-3-5-7-14/h2-9,11-12H,1,10,13H2,(H,23,25,28)/b17-12+. The van der Waals surface area contributed by atoms with Gasteiger partial charge >= 0.3 is 0 Å². The second kappa shape index (κ2) is 8.95. The molecule has 1 aliphatic heterocycles. The maximum absolute atomic E-state index is 12.7. The number of carbonyl (C=O) groups is 2. The van der Waals surface area contributed by atoms with Gasteiger partial charge in [-0.05, 0) is 42.1 Å². The predicted octanol–water partition coefficient (Wildman–Crippen LogP) is 3.84. The first-order chi connectivity index (χ1) is 13.5. The Kier molecular flexibility index (Phi) is 6.38. The van der Waals surface area contributed by atoms with Crippen LogP contribution in [0.2, 0.25) is 0 Å². The molecule has 2 amide bonds. The van der Waals surface area contributed by atoms with E-state index < -0.39 is 11.8 Å². The zero-order valence-electron chi connectivity index (χ0n) is 14.9. The summed E-state index contributed by atoms with van der Waals surface area (Å²) in [7, 11) is 0. The van der Waals surface area contributed by atoms with Gasteiger partial charge in [-0.2, -0.15) is 0 Å². The Hall–Kier alpha value is -2.77. The molecule has 7 heteroatoms. The highest BCUT2D eigenvalue weighted by molar-refractivity contribution is 9.10. The van der Waals surface area contributed by atoms with Crippen LogP contribution in [0.5, 0.6) is 5.75 Å². The molecule has 0 unspecified atom stereocenters. The van der Waals surface area contributed by atoms with Gasteiger partial charge in [0.05, 0.1) is 0 Å². The fraction of sp³-hybridized carbons (Fsp3) is 0.0952. The minimum Gasteiger partial charge on any atom is -0.488 e. The third-order valence-corrected chi connectivity index (χ3v) is 4.82. The zero-order valence-corrected chi connectivity index (χ0v) is 17.3. The van der Waals surface area contributed by atoms with Crippen molar-refractivity contribution >= 4 is 51.2 Å². The van der Waals surface area contributed by atoms with Gasteiger partial charge in [0.15, 0.2) is 5.11 Å². The number of thiocarbonyl (C=S) groups is 1. The average Bonchev–Trinajstić information content (AvgIpc) is 2.68. The molecule has 1 heterocycles. The van der Waals surface area contributed by atoms with Crippen molar-refractivity contribution < 1.29 is 14.3 Å². The summed E-state index contributed by atoms with van der Waals surface area (Å²) >= 11 is 8.49. The molecule has 1 fully saturated rings. The first-order valence-corrected chi connectivity index (χ1v) is 9.65. The Labute approximate surface area is 176 Å². The van der Waals surface area contributed by atoms with Crippen LogP contribution in [0, 0.1) is 0 Å². The van der Waals surface area contributed by atoms with Crippen molar-refractivity contribution in [3.63, 3.8) is 0 Å². The molecule has 1 N–H and O–H groups in total. The maximum Gasteiger partial charge on any atom is 0.265 e. The summed E-state index contributed by atoms with van der Waals surface area (Å²) in [5.74, 6) is -0.449. The summed E-state index contributed by atoms with van der Waals surface area (Å²) < 4.78 is 6.72. The van der Waals surface area contributed by atoms with Gasteiger partial charge in [0.2, 0.25) is 0 Å². The lowest BCUT2D eigenvalue weighted by molar-refractivity contribution is -0.128. The number of carbonyl (C=O) groups excluding carboxylic acids is 2. The van der Waals surface area contributed by atoms with Gasteiger partial charge < -0.3 is 4.74 Å². The first-order valence-electron chi connectivity index (χ1n) is 8.45. The summed E-state index contributed by atoms with van der Waals surface area (Å²) in [6.07, 6.45) is 3.06. The molecule has 5 nitrogen and oxygen atoms in total. The lowest BCUT2D eigenvalue weighted by Gasteiger charge is -2.27. The van der Waals surface area contributed by atoms with Crippen molar-refractivity contribution in [3.05, 3.63) is 82.4 Å². The van der Waals surface area contributed by atoms with Crippen molar-refractivity contribution in [2.75, 3.05) is 6.54 Å². The topological polar surface area (TPSA) is 58.6 Å². The molecule has 2 aromatic carbocycles. The molecule has 142 valence electrons. The van der Waals surface area contributed by atoms with E-state index in [1.54, 1.807) is 18.2 Å². The molecular weight excluding hydrogens is 440 g/mol. The molecule has 3 rings (SSSR count). The summed E-state index contributed by atoms with van der Waals surface area (Å²) in [6, 6.07) is 15.1. The SMILES string of the molecule is C=CCN1C(=O)/C(=C/c2cc(Br)ccc2OCc2ccccc2)C(=O)NC1=S. The Morgan fingerprint density at radius 1 is 1.18 bits per heavy atom. The molecule has 28 heavy (non-hydrogen) atoms. The molecule has 1 saturated heterocycles. The smallest absolute Gasteiger partial charge is 0.265 e. The Morgan fingerprint density at radius 2 is 1.93 bits per heavy atom. The van der Waals surface area contributed by atoms with E-state index >= 15 is 0 Å². The van der Waals surface area contributed by atoms with Crippen LogP contribution in [0.25, 0.3) is 6.08 Å². The molecule has 0 aromatic heterocycles. The van der Waals surface area contributed by atoms with Crippen molar-refractivity contribution in [1.29, 1.82) is 0 Å². The van der Waals surface area contributed by atoms with Crippen molar-refractivity contribution in [1.82, 2.24) is 10.2 Å². The second-order valence-electron chi connectivity index (χ2n) is 5.98. The third-order valence-electron chi connectivity index (χ3n) is 4.01. The van der Waals surface area contributed by atoms with E-state index in [0.717, 1.165) is 10.0 Å². The number of benzene rings is 2. The molecule has 0 spiro atoms. The van der Waals surface area contributed by atoms with E-state index in [1.807, 2.05) is 36.4 Å². The van der Waals surface area contributed by atoms with Crippen LogP contribution in [-0.4, -0.2) is 28.4 Å². The van der Waals surface area contributed by atoms with Crippen molar-refractivity contribution in [2.45, 2.75) is 6.61 Å². The minimum atomic E-state index is -0.538. The molecule has 1 aliphatic rings. The number of halogens is 1. The van der Waals surface area contributed by atoms with Gasteiger partial charge in [0, 0.05) is 16.6 Å². The van der Waals surface area contributed by atoms with Crippen LogP contribution in [0.4, 0.5) is 0 Å². The maximum atomic E-state index is 12.7. The highest BCUT2D eigenvalue weighted by atomic mass is 79.9. The van der Waals surface area contributed by atoms with E-state index in [4.69, 9.17) is 17.0 Å². The molecule has 0 radical (unpaired) electrons. The molecule has 0 aliphatic carbocycles. The number of nitrogens with one attached hydrogen (secondary N) is 1. The van der Waals surface area contributed by atoms with Crippen LogP contribution in [0.3, 0.4) is 0 Å². The van der Waals surface area contributed by atoms with Crippen LogP contribution in [0.15, 0.2) is 71.2 Å². The van der Waals surface area contributed by atoms with E-state index in [2.05, 4.69) is 27.8 Å². The minimum absolute atomic E-state index is 0.0156. The summed E-state index contributed by atoms with van der Waals surface area (Å²) in [5, 5.41) is 2.61. The summed E-state index contributed by atoms with van der Waals surface area (Å²) in [4.78, 5) is 26.4. The lowest BCUT2D eigenvalue weighted by atomic mass is 10.1. The number of hydrogen-bond donors (Lipinski definition) is 1. The second-order valence-corrected chi connectivity index (χ2v) is 7.28. The van der Waals surface area contributed by atoms with Crippen LogP contribution in [-0.2, 0) is 16.2 Å². The third kappa shape index (κ3) is 4.55. The zero-order chi connectivity index (χ0) is 20.1. The molecular formula is C21H17BrN2O3S. The Balaban J connectivity index is 1.92. The fourth-order valence-electron chi connectivity index (χ4n) is 2.64. The van der Waals surface area contributed by atoms with Gasteiger partial charge in [-0.1, -0.05) is 52.3 Å². The highest BCUT2D eigenvalue weighted by Gasteiger charge is 2.32. The number of amides is 2. The van der Waals surface area contributed by atoms with Crippen LogP contribution in [0.1, 0.15) is 11.1 Å². The first kappa shape index (κ1) is 20.0. The van der Waals surface area contributed by atoms with Crippen molar-refractivity contribution in [3.8, 4) is 5.75 Å². The van der Waals surface area contributed by atoms with Gasteiger partial charge in [-0.25, -0.2) is 0 Å². The summed E-state index contributed by atoms with van der Waals surface area (Å²) in [6.45, 7) is 4.20. The van der Waals surface area contributed by atoms with E-state index in [9.17, 15) is 9.59 Å². The molecule has 2 aromatic rings. The lowest BCUT2D eigenvalue weighted by Crippen LogP contribution is -2.53. The Morgan fingerprint density at radius 3 is 2.64 bits per heavy atom.